The second-order valence-electron chi connectivity index (χ2n) is 25.0. The largest absolute Gasteiger partial charge is 0.478 e. The molecule has 101 heavy (non-hydrogen) atoms. The molecule has 7 aromatic carbocycles. The van der Waals surface area contributed by atoms with Gasteiger partial charge in [-0.3, -0.25) is 29.2 Å². The highest BCUT2D eigenvalue weighted by atomic mass is 127. The Morgan fingerprint density at radius 1 is 0.406 bits per heavy atom. The number of aromatic nitrogens is 4. The van der Waals surface area contributed by atoms with Crippen molar-refractivity contribution < 1.29 is 29.1 Å². The maximum absolute atomic E-state index is 12.5. The molecule has 0 bridgehead atoms. The third-order valence-electron chi connectivity index (χ3n) is 17.0. The van der Waals surface area contributed by atoms with Gasteiger partial charge in [-0.2, -0.15) is 0 Å². The summed E-state index contributed by atoms with van der Waals surface area (Å²) in [4.78, 5) is 75.9. The summed E-state index contributed by atoms with van der Waals surface area (Å²) in [6.45, 7) is 15.5. The number of halogens is 2. The Morgan fingerprint density at radius 3 is 1.12 bits per heavy atom. The summed E-state index contributed by atoms with van der Waals surface area (Å²) in [5, 5.41) is 8.60. The first-order chi connectivity index (χ1) is 48.9. The van der Waals surface area contributed by atoms with Gasteiger partial charge in [0.15, 0.2) is 23.1 Å². The number of allylic oxidation sites excluding steroid dienone is 2. The fourth-order valence-corrected chi connectivity index (χ4v) is 11.5. The van der Waals surface area contributed by atoms with Crippen LogP contribution in [0.15, 0.2) is 222 Å². The molecule has 0 aliphatic carbocycles. The smallest absolute Gasteiger partial charge is 0.335 e. The van der Waals surface area contributed by atoms with Crippen molar-refractivity contribution in [2.24, 2.45) is 9.98 Å². The van der Waals surface area contributed by atoms with Crippen molar-refractivity contribution in [1.82, 2.24) is 19.1 Å². The number of aromatic carboxylic acids is 1. The van der Waals surface area contributed by atoms with E-state index in [0.29, 0.717) is 31.2 Å². The van der Waals surface area contributed by atoms with Crippen LogP contribution in [0.3, 0.4) is 0 Å². The third kappa shape index (κ3) is 28.6. The van der Waals surface area contributed by atoms with Gasteiger partial charge in [-0.1, -0.05) is 127 Å². The van der Waals surface area contributed by atoms with E-state index >= 15 is 0 Å². The molecule has 0 radical (unpaired) electrons. The Balaban J connectivity index is 0.000000181. The minimum absolute atomic E-state index is 0.179. The first-order valence-corrected chi connectivity index (χ1v) is 36.6. The van der Waals surface area contributed by atoms with Gasteiger partial charge in [0.05, 0.1) is 31.3 Å². The van der Waals surface area contributed by atoms with E-state index in [1.807, 2.05) is 208 Å². The Hall–Kier alpha value is -9.49. The number of aliphatic imine (C=N–C) groups is 2. The molecule has 2 aliphatic heterocycles. The van der Waals surface area contributed by atoms with Gasteiger partial charge in [0.2, 0.25) is 0 Å². The predicted molar refractivity (Wildman–Crippen MR) is 427 cm³/mol. The number of carbonyl (C=O) groups excluding carboxylic acids is 4. The van der Waals surface area contributed by atoms with E-state index in [9.17, 15) is 24.0 Å². The van der Waals surface area contributed by atoms with Gasteiger partial charge in [0.25, 0.3) is 0 Å². The number of benzene rings is 7. The number of hydrogen-bond acceptors (Lipinski definition) is 9. The molecule has 0 fully saturated rings. The molecule has 518 valence electrons. The Labute approximate surface area is 624 Å². The summed E-state index contributed by atoms with van der Waals surface area (Å²) in [6.07, 6.45) is 31.4. The highest BCUT2D eigenvalue weighted by Gasteiger charge is 2.13. The molecule has 14 heteroatoms. The summed E-state index contributed by atoms with van der Waals surface area (Å²) >= 11 is 4.55. The number of imidazole rings is 2. The molecule has 1 N–H and O–H groups in total. The fraction of sp³-hybridized carbons (Fsp3) is 0.276. The van der Waals surface area contributed by atoms with E-state index in [-0.39, 0.29) is 23.1 Å². The van der Waals surface area contributed by atoms with Crippen LogP contribution >= 0.6 is 45.2 Å². The van der Waals surface area contributed by atoms with Gasteiger partial charge in [-0.15, -0.1) is 0 Å². The predicted octanol–water partition coefficient (Wildman–Crippen LogP) is 20.0. The molecule has 0 saturated carbocycles. The zero-order chi connectivity index (χ0) is 72.1. The lowest BCUT2D eigenvalue weighted by atomic mass is 9.99. The van der Waals surface area contributed by atoms with Gasteiger partial charge in [0, 0.05) is 128 Å². The number of rotatable bonds is 25. The standard InChI is InChI=1S/C24H23NO.C23H22N2O.C16H18INO.C15H17IN2O.C9H10O2/c1-19-11-13-23(17-22(19)14-12-20-7-3-2-4-8-20)24(26)10-6-5-9-21-15-16-25-18-21;1-19-10-12-22(17-21(19)13-11-20-7-3-2-4-8-20)23(26)9-5-6-15-25-16-14-24-18-25;1-12-6-7-14(10-15(12)17)16(19)5-3-2-4-13-8-9-18-11-13;1-12-5-6-13(10-14(12)16)15(19)4-2-3-8-18-9-7-17-11-18;1-6-3-4-8(9(10)11)5-7(6)2/h2-4,7-8,11,13,15,17-18H,5-6,9-10,16H2,1H3;2-4,7-8,10,12,14,16-18H,5-6,9,15H2,1H3;6-8,10-11H,2-5,9H2,1H3;5-7,9-11H,2-4,8H2,1H3;3-5H,1-2H3,(H,10,11). The Morgan fingerprint density at radius 2 is 0.772 bits per heavy atom. The SMILES string of the molecule is Cc1ccc(C(=O)CCCCC2=CCN=C2)cc1C#Cc1ccccc1.Cc1ccc(C(=O)CCCCC2=CCN=C2)cc1I.Cc1ccc(C(=O)CCCCn2ccnc2)cc1C#Cc1ccccc1.Cc1ccc(C(=O)CCCCn2ccnc2)cc1I.Cc1ccc(C(=O)O)cc1C. The van der Waals surface area contributed by atoms with Crippen LogP contribution in [-0.2, 0) is 13.1 Å². The lowest BCUT2D eigenvalue weighted by Crippen LogP contribution is -2.02. The molecule has 9 aromatic rings. The van der Waals surface area contributed by atoms with Crippen LogP contribution in [0.1, 0.15) is 197 Å². The number of carboxylic acid groups (broad SMARTS) is 1. The second kappa shape index (κ2) is 43.2. The van der Waals surface area contributed by atoms with E-state index in [4.69, 9.17) is 5.11 Å². The van der Waals surface area contributed by atoms with Crippen molar-refractivity contribution in [2.75, 3.05) is 13.1 Å². The van der Waals surface area contributed by atoms with Crippen LogP contribution in [0.5, 0.6) is 0 Å². The second-order valence-corrected chi connectivity index (χ2v) is 27.3. The monoisotopic (exact) mass is 1570 g/mol. The molecule has 12 nitrogen and oxygen atoms in total. The Kier molecular flexibility index (Phi) is 33.8. The molecule has 0 amide bonds. The summed E-state index contributed by atoms with van der Waals surface area (Å²) in [5.41, 5.74) is 16.7. The first kappa shape index (κ1) is 78.8. The first-order valence-electron chi connectivity index (χ1n) is 34.5. The minimum atomic E-state index is -0.867. The van der Waals surface area contributed by atoms with Crippen LogP contribution in [0.2, 0.25) is 0 Å². The van der Waals surface area contributed by atoms with Crippen molar-refractivity contribution in [1.29, 1.82) is 0 Å². The molecule has 2 aromatic heterocycles. The van der Waals surface area contributed by atoms with E-state index in [1.54, 1.807) is 30.9 Å². The summed E-state index contributed by atoms with van der Waals surface area (Å²) in [6, 6.07) is 48.4. The molecule has 0 saturated heterocycles. The number of carbonyl (C=O) groups is 5. The molecule has 0 unspecified atom stereocenters. The average Bonchev–Trinajstić information content (AvgIpc) is 1.21. The minimum Gasteiger partial charge on any atom is -0.478 e. The quantitative estimate of drug-likeness (QED) is 0.0255. The lowest BCUT2D eigenvalue weighted by Gasteiger charge is -2.05. The zero-order valence-electron chi connectivity index (χ0n) is 58.9. The van der Waals surface area contributed by atoms with E-state index in [2.05, 4.69) is 115 Å². The van der Waals surface area contributed by atoms with Crippen LogP contribution in [-0.4, -0.2) is 78.8 Å². The van der Waals surface area contributed by atoms with Crippen molar-refractivity contribution in [2.45, 2.75) is 145 Å². The molecule has 0 spiro atoms. The summed E-state index contributed by atoms with van der Waals surface area (Å²) in [7, 11) is 0. The zero-order valence-corrected chi connectivity index (χ0v) is 63.2. The number of nitrogens with zero attached hydrogens (tertiary/aromatic N) is 6. The number of unbranched alkanes of at least 4 members (excludes halogenated alkanes) is 4. The molecular formula is C87H90I2N6O6. The summed E-state index contributed by atoms with van der Waals surface area (Å²) < 4.78 is 6.39. The van der Waals surface area contributed by atoms with Gasteiger partial charge in [0.1, 0.15) is 0 Å². The van der Waals surface area contributed by atoms with Gasteiger partial charge < -0.3 is 14.2 Å². The van der Waals surface area contributed by atoms with E-state index in [0.717, 1.165) is 164 Å². The fourth-order valence-electron chi connectivity index (χ4n) is 10.5. The topological polar surface area (TPSA) is 166 Å². The molecule has 11 rings (SSSR count). The van der Waals surface area contributed by atoms with Crippen molar-refractivity contribution in [3.63, 3.8) is 0 Å². The van der Waals surface area contributed by atoms with E-state index < -0.39 is 5.97 Å². The summed E-state index contributed by atoms with van der Waals surface area (Å²) in [5.74, 6) is 12.7. The molecule has 2 aliphatic rings. The van der Waals surface area contributed by atoms with Crippen molar-refractivity contribution >= 4 is 86.7 Å². The van der Waals surface area contributed by atoms with Crippen molar-refractivity contribution in [3.05, 3.63) is 303 Å². The molecular weight excluding hydrogens is 1480 g/mol. The normalized spacial score (nSPS) is 11.4. The highest BCUT2D eigenvalue weighted by Crippen LogP contribution is 2.21. The van der Waals surface area contributed by atoms with Crippen molar-refractivity contribution in [3.8, 4) is 23.7 Å². The lowest BCUT2D eigenvalue weighted by molar-refractivity contribution is 0.0695. The van der Waals surface area contributed by atoms with Gasteiger partial charge in [-0.25, -0.2) is 14.8 Å². The van der Waals surface area contributed by atoms with Crippen LogP contribution < -0.4 is 0 Å². The number of hydrogen-bond donors (Lipinski definition) is 1. The molecule has 0 atom stereocenters. The maximum atomic E-state index is 12.5. The van der Waals surface area contributed by atoms with Crippen LogP contribution in [0, 0.1) is 72.4 Å². The van der Waals surface area contributed by atoms with Gasteiger partial charge in [-0.05, 0) is 256 Å². The third-order valence-corrected chi connectivity index (χ3v) is 19.3. The average molecular weight is 1570 g/mol. The Bertz CT molecular complexity index is 4470. The maximum Gasteiger partial charge on any atom is 0.335 e. The number of Topliss-reactive ketones (excluding diaryl/α,β-unsaturated/α-hetero) is 4. The van der Waals surface area contributed by atoms with Crippen LogP contribution in [0.25, 0.3) is 0 Å². The highest BCUT2D eigenvalue weighted by molar-refractivity contribution is 14.1. The van der Waals surface area contributed by atoms with Gasteiger partial charge >= 0.3 is 5.97 Å². The van der Waals surface area contributed by atoms with Crippen LogP contribution in [0.4, 0.5) is 0 Å². The molecule has 4 heterocycles. The number of aryl methyl sites for hydroxylation is 8. The number of carboxylic acids is 1. The number of ketones is 4. The van der Waals surface area contributed by atoms with E-state index in [1.165, 1.54) is 22.3 Å².